The molecule has 1 aliphatic rings. The molecule has 0 spiro atoms. The first-order valence-electron chi connectivity index (χ1n) is 9.22. The summed E-state index contributed by atoms with van der Waals surface area (Å²) < 4.78 is 14.5. The highest BCUT2D eigenvalue weighted by molar-refractivity contribution is 7.81. The van der Waals surface area contributed by atoms with Gasteiger partial charge in [-0.15, -0.1) is 0 Å². The van der Waals surface area contributed by atoms with E-state index in [1.165, 1.54) is 11.3 Å². The number of nitrogens with zero attached hydrogens (tertiary/aromatic N) is 1. The zero-order chi connectivity index (χ0) is 19.1. The fourth-order valence-corrected chi connectivity index (χ4v) is 6.67. The van der Waals surface area contributed by atoms with Crippen molar-refractivity contribution in [3.05, 3.63) is 102 Å². The molecule has 0 saturated carbocycles. The number of hydrogen-bond acceptors (Lipinski definition) is 2. The monoisotopic (exact) mass is 373 g/mol. The van der Waals surface area contributed by atoms with Crippen molar-refractivity contribution in [2.45, 2.75) is 19.3 Å². The SMILES string of the molecule is CN1C(=CP(=O)(c2ccccc2)c2ccccc2)C(C)(C)c2ccccc21. The van der Waals surface area contributed by atoms with Crippen LogP contribution in [0.15, 0.2) is 96.4 Å². The molecule has 0 radical (unpaired) electrons. The van der Waals surface area contributed by atoms with Crippen LogP contribution in [0.2, 0.25) is 0 Å². The molecule has 0 unspecified atom stereocenters. The van der Waals surface area contributed by atoms with Gasteiger partial charge >= 0.3 is 0 Å². The van der Waals surface area contributed by atoms with Gasteiger partial charge in [-0.25, -0.2) is 0 Å². The Labute approximate surface area is 161 Å². The fraction of sp³-hybridized carbons (Fsp3) is 0.167. The number of para-hydroxylation sites is 1. The van der Waals surface area contributed by atoms with E-state index in [-0.39, 0.29) is 5.41 Å². The van der Waals surface area contributed by atoms with Crippen LogP contribution in [0.3, 0.4) is 0 Å². The van der Waals surface area contributed by atoms with E-state index >= 15 is 0 Å². The Morgan fingerprint density at radius 1 is 0.778 bits per heavy atom. The van der Waals surface area contributed by atoms with Crippen LogP contribution in [0.1, 0.15) is 19.4 Å². The third kappa shape index (κ3) is 2.85. The summed E-state index contributed by atoms with van der Waals surface area (Å²) in [6, 6.07) is 28.1. The zero-order valence-corrected chi connectivity index (χ0v) is 16.9. The lowest BCUT2D eigenvalue weighted by Gasteiger charge is -2.27. The Bertz CT molecular complexity index is 995. The van der Waals surface area contributed by atoms with Gasteiger partial charge in [0.1, 0.15) is 0 Å². The van der Waals surface area contributed by atoms with Gasteiger partial charge in [-0.2, -0.15) is 0 Å². The first kappa shape index (κ1) is 17.8. The first-order valence-corrected chi connectivity index (χ1v) is 11.0. The van der Waals surface area contributed by atoms with Crippen LogP contribution in [0.25, 0.3) is 0 Å². The standard InChI is InChI=1S/C24H24NOP/c1-24(2)21-16-10-11-17-22(21)25(3)23(24)18-27(26,19-12-6-4-7-13-19)20-14-8-5-9-15-20/h4-18H,1-3H3. The van der Waals surface area contributed by atoms with Crippen LogP contribution in [0.5, 0.6) is 0 Å². The molecule has 0 saturated heterocycles. The molecular weight excluding hydrogens is 349 g/mol. The molecule has 1 aliphatic heterocycles. The Kier molecular flexibility index (Phi) is 4.32. The first-order chi connectivity index (χ1) is 12.9. The summed E-state index contributed by atoms with van der Waals surface area (Å²) in [7, 11) is -0.854. The van der Waals surface area contributed by atoms with Gasteiger partial charge in [-0.1, -0.05) is 92.7 Å². The molecule has 0 atom stereocenters. The van der Waals surface area contributed by atoms with Gasteiger partial charge in [0.15, 0.2) is 7.14 Å². The maximum Gasteiger partial charge on any atom is 0.165 e. The predicted molar refractivity (Wildman–Crippen MR) is 116 cm³/mol. The molecule has 27 heavy (non-hydrogen) atoms. The maximum atomic E-state index is 14.5. The van der Waals surface area contributed by atoms with Crippen LogP contribution in [-0.4, -0.2) is 7.05 Å². The molecule has 3 heteroatoms. The van der Waals surface area contributed by atoms with Crippen molar-refractivity contribution in [2.75, 3.05) is 11.9 Å². The van der Waals surface area contributed by atoms with Crippen molar-refractivity contribution in [3.63, 3.8) is 0 Å². The molecule has 3 aromatic rings. The molecule has 1 heterocycles. The molecule has 0 N–H and O–H groups in total. The summed E-state index contributed by atoms with van der Waals surface area (Å²) in [5, 5.41) is 1.73. The van der Waals surface area contributed by atoms with Gasteiger partial charge in [0.2, 0.25) is 0 Å². The van der Waals surface area contributed by atoms with Crippen LogP contribution in [0.4, 0.5) is 5.69 Å². The summed E-state index contributed by atoms with van der Waals surface area (Å²) in [4.78, 5) is 2.19. The summed E-state index contributed by atoms with van der Waals surface area (Å²) in [6.07, 6.45) is 0. The number of likely N-dealkylation sites (N-methyl/N-ethyl adjacent to an activating group) is 1. The number of rotatable bonds is 3. The van der Waals surface area contributed by atoms with Crippen molar-refractivity contribution in [2.24, 2.45) is 0 Å². The van der Waals surface area contributed by atoms with Crippen molar-refractivity contribution < 1.29 is 4.57 Å². The number of benzene rings is 3. The Morgan fingerprint density at radius 3 is 1.78 bits per heavy atom. The second-order valence-corrected chi connectivity index (χ2v) is 10.2. The number of hydrogen-bond donors (Lipinski definition) is 0. The predicted octanol–water partition coefficient (Wildman–Crippen LogP) is 5.27. The third-order valence-electron chi connectivity index (χ3n) is 5.52. The van der Waals surface area contributed by atoms with Crippen molar-refractivity contribution in [1.82, 2.24) is 0 Å². The highest BCUT2D eigenvalue weighted by atomic mass is 31.2. The lowest BCUT2D eigenvalue weighted by atomic mass is 9.84. The topological polar surface area (TPSA) is 20.3 Å². The third-order valence-corrected chi connectivity index (χ3v) is 8.26. The Morgan fingerprint density at radius 2 is 1.26 bits per heavy atom. The largest absolute Gasteiger partial charge is 0.347 e. The lowest BCUT2D eigenvalue weighted by molar-refractivity contribution is 0.590. The van der Waals surface area contributed by atoms with Gasteiger partial charge in [0, 0.05) is 40.3 Å². The minimum Gasteiger partial charge on any atom is -0.347 e. The smallest absolute Gasteiger partial charge is 0.165 e. The van der Waals surface area contributed by atoms with Crippen molar-refractivity contribution in [3.8, 4) is 0 Å². The summed E-state index contributed by atoms with van der Waals surface area (Å²) in [5.41, 5.74) is 3.33. The minimum atomic E-state index is -2.92. The normalized spacial score (nSPS) is 17.1. The maximum absolute atomic E-state index is 14.5. The number of fused-ring (bicyclic) bond motifs is 1. The van der Waals surface area contributed by atoms with Gasteiger partial charge < -0.3 is 9.46 Å². The van der Waals surface area contributed by atoms with E-state index in [4.69, 9.17) is 0 Å². The van der Waals surface area contributed by atoms with Gasteiger partial charge in [-0.3, -0.25) is 0 Å². The van der Waals surface area contributed by atoms with Crippen LogP contribution in [0, 0.1) is 0 Å². The second kappa shape index (κ2) is 6.55. The second-order valence-electron chi connectivity index (χ2n) is 7.54. The molecule has 136 valence electrons. The molecule has 0 fully saturated rings. The van der Waals surface area contributed by atoms with E-state index in [1.54, 1.807) is 0 Å². The van der Waals surface area contributed by atoms with Crippen molar-refractivity contribution >= 4 is 23.4 Å². The van der Waals surface area contributed by atoms with Crippen LogP contribution >= 0.6 is 7.14 Å². The van der Waals surface area contributed by atoms with E-state index in [2.05, 4.69) is 50.1 Å². The molecule has 0 bridgehead atoms. The average Bonchev–Trinajstić information content (AvgIpc) is 2.90. The molecule has 0 aliphatic carbocycles. The van der Waals surface area contributed by atoms with E-state index in [9.17, 15) is 4.57 Å². The highest BCUT2D eigenvalue weighted by Crippen LogP contribution is 2.53. The van der Waals surface area contributed by atoms with Crippen LogP contribution < -0.4 is 15.5 Å². The minimum absolute atomic E-state index is 0.204. The number of anilines is 1. The van der Waals surface area contributed by atoms with E-state index in [0.717, 1.165) is 16.3 Å². The van der Waals surface area contributed by atoms with Crippen molar-refractivity contribution in [1.29, 1.82) is 0 Å². The Hall–Kier alpha value is -2.57. The summed E-state index contributed by atoms with van der Waals surface area (Å²) in [6.45, 7) is 4.42. The molecular formula is C24H24NOP. The number of allylic oxidation sites excluding steroid dienone is 1. The lowest BCUT2D eigenvalue weighted by Crippen LogP contribution is -2.25. The van der Waals surface area contributed by atoms with Gasteiger partial charge in [0.25, 0.3) is 0 Å². The van der Waals surface area contributed by atoms with Crippen LogP contribution in [-0.2, 0) is 9.98 Å². The summed E-state index contributed by atoms with van der Waals surface area (Å²) in [5.74, 6) is 2.03. The van der Waals surface area contributed by atoms with Gasteiger partial charge in [-0.05, 0) is 11.6 Å². The average molecular weight is 373 g/mol. The van der Waals surface area contributed by atoms with E-state index in [1.807, 2.05) is 66.5 Å². The Balaban J connectivity index is 1.95. The fourth-order valence-electron chi connectivity index (χ4n) is 4.00. The van der Waals surface area contributed by atoms with Gasteiger partial charge in [0.05, 0.1) is 0 Å². The molecule has 2 nitrogen and oxygen atoms in total. The molecule has 3 aromatic carbocycles. The molecule has 4 rings (SSSR count). The highest BCUT2D eigenvalue weighted by Gasteiger charge is 2.40. The summed E-state index contributed by atoms with van der Waals surface area (Å²) >= 11 is 0. The molecule has 0 aromatic heterocycles. The quantitative estimate of drug-likeness (QED) is 0.583. The molecule has 0 amide bonds. The van der Waals surface area contributed by atoms with E-state index < -0.39 is 7.14 Å². The van der Waals surface area contributed by atoms with E-state index in [0.29, 0.717) is 0 Å². The zero-order valence-electron chi connectivity index (χ0n) is 16.0.